The van der Waals surface area contributed by atoms with Crippen LogP contribution in [-0.2, 0) is 12.4 Å². The minimum atomic E-state index is -4.70. The van der Waals surface area contributed by atoms with Gasteiger partial charge in [0.2, 0.25) is 0 Å². The number of benzene rings is 2. The van der Waals surface area contributed by atoms with E-state index in [0.717, 1.165) is 24.3 Å². The summed E-state index contributed by atoms with van der Waals surface area (Å²) >= 11 is 0. The van der Waals surface area contributed by atoms with Crippen LogP contribution in [0.5, 0.6) is 0 Å². The van der Waals surface area contributed by atoms with Crippen LogP contribution in [0.3, 0.4) is 0 Å². The average Bonchev–Trinajstić information content (AvgIpc) is 2.53. The number of alkyl halides is 6. The minimum absolute atomic E-state index is 0.141. The zero-order valence-electron chi connectivity index (χ0n) is 12.5. The van der Waals surface area contributed by atoms with Crippen LogP contribution in [0.4, 0.5) is 35.1 Å². The molecular weight excluding hydrogens is 376 g/mol. The van der Waals surface area contributed by atoms with Crippen LogP contribution in [0, 0.1) is 11.6 Å². The number of carbonyl (C=O) groups excluding carboxylic acids is 2. The number of aldehydes is 2. The van der Waals surface area contributed by atoms with E-state index in [1.165, 1.54) is 0 Å². The van der Waals surface area contributed by atoms with E-state index in [-0.39, 0.29) is 12.6 Å². The monoisotopic (exact) mass is 384 g/mol. The lowest BCUT2D eigenvalue weighted by Gasteiger charge is -2.08. The summed E-state index contributed by atoms with van der Waals surface area (Å²) < 4.78 is 97.8. The van der Waals surface area contributed by atoms with Crippen molar-refractivity contribution in [1.82, 2.24) is 0 Å². The first kappa shape index (κ1) is 21.3. The highest BCUT2D eigenvalue weighted by Crippen LogP contribution is 2.32. The molecule has 0 amide bonds. The van der Waals surface area contributed by atoms with Gasteiger partial charge in [0.15, 0.2) is 12.6 Å². The highest BCUT2D eigenvalue weighted by atomic mass is 19.4. The summed E-state index contributed by atoms with van der Waals surface area (Å²) in [5.74, 6) is -2.32. The van der Waals surface area contributed by atoms with Crippen LogP contribution in [0.2, 0.25) is 0 Å². The van der Waals surface area contributed by atoms with Crippen LogP contribution >= 0.6 is 0 Å². The van der Waals surface area contributed by atoms with Crippen LogP contribution in [0.15, 0.2) is 36.4 Å². The summed E-state index contributed by atoms with van der Waals surface area (Å²) in [6.07, 6.45) is -9.67. The van der Waals surface area contributed by atoms with E-state index in [4.69, 9.17) is 0 Å². The van der Waals surface area contributed by atoms with E-state index in [9.17, 15) is 44.7 Å². The quantitative estimate of drug-likeness (QED) is 0.519. The molecule has 0 N–H and O–H groups in total. The molecule has 2 rings (SSSR count). The predicted octanol–water partition coefficient (Wildman–Crippen LogP) is 5.31. The zero-order chi connectivity index (χ0) is 20.1. The Labute approximate surface area is 141 Å². The fourth-order valence-corrected chi connectivity index (χ4v) is 1.81. The normalized spacial score (nSPS) is 11.4. The Morgan fingerprint density at radius 3 is 1.12 bits per heavy atom. The summed E-state index contributed by atoms with van der Waals surface area (Å²) in [5, 5.41) is 0. The molecule has 0 aromatic heterocycles. The van der Waals surface area contributed by atoms with Crippen molar-refractivity contribution in [3.8, 4) is 0 Å². The molecule has 0 radical (unpaired) electrons. The fraction of sp³-hybridized carbons (Fsp3) is 0.125. The second kappa shape index (κ2) is 8.07. The third-order valence-corrected chi connectivity index (χ3v) is 2.95. The molecule has 140 valence electrons. The summed E-state index contributed by atoms with van der Waals surface area (Å²) in [6, 6.07) is 4.74. The molecule has 0 aliphatic rings. The van der Waals surface area contributed by atoms with E-state index >= 15 is 0 Å². The maximum atomic E-state index is 12.6. The number of hydrogen-bond acceptors (Lipinski definition) is 2. The van der Waals surface area contributed by atoms with Crippen LogP contribution < -0.4 is 0 Å². The van der Waals surface area contributed by atoms with Gasteiger partial charge in [-0.15, -0.1) is 0 Å². The Kier molecular flexibility index (Phi) is 6.60. The van der Waals surface area contributed by atoms with Crippen LogP contribution in [-0.4, -0.2) is 12.6 Å². The summed E-state index contributed by atoms with van der Waals surface area (Å²) in [7, 11) is 0. The van der Waals surface area contributed by atoms with Crippen molar-refractivity contribution in [2.75, 3.05) is 0 Å². The van der Waals surface area contributed by atoms with E-state index in [0.29, 0.717) is 12.1 Å². The topological polar surface area (TPSA) is 34.1 Å². The SMILES string of the molecule is O=Cc1c(F)cccc1C(F)(F)F.O=Cc1c(F)cccc1C(F)(F)F. The van der Waals surface area contributed by atoms with Crippen molar-refractivity contribution in [2.24, 2.45) is 0 Å². The molecule has 0 atom stereocenters. The third-order valence-electron chi connectivity index (χ3n) is 2.95. The summed E-state index contributed by atoms with van der Waals surface area (Å²) in [6.45, 7) is 0. The van der Waals surface area contributed by atoms with Crippen molar-refractivity contribution >= 4 is 12.6 Å². The van der Waals surface area contributed by atoms with E-state index in [1.807, 2.05) is 0 Å². The minimum Gasteiger partial charge on any atom is -0.298 e. The van der Waals surface area contributed by atoms with Gasteiger partial charge >= 0.3 is 12.4 Å². The van der Waals surface area contributed by atoms with Crippen molar-refractivity contribution in [3.63, 3.8) is 0 Å². The van der Waals surface area contributed by atoms with Gasteiger partial charge in [-0.2, -0.15) is 26.3 Å². The van der Waals surface area contributed by atoms with E-state index in [1.54, 1.807) is 0 Å². The molecule has 2 nitrogen and oxygen atoms in total. The molecule has 2 aromatic rings. The van der Waals surface area contributed by atoms with Gasteiger partial charge in [-0.25, -0.2) is 8.78 Å². The predicted molar refractivity (Wildman–Crippen MR) is 73.6 cm³/mol. The summed E-state index contributed by atoms with van der Waals surface area (Å²) in [5.41, 5.74) is -4.39. The summed E-state index contributed by atoms with van der Waals surface area (Å²) in [4.78, 5) is 20.3. The number of carbonyl (C=O) groups is 2. The molecule has 0 saturated heterocycles. The second-order valence-electron chi connectivity index (χ2n) is 4.63. The first-order valence-electron chi connectivity index (χ1n) is 6.55. The lowest BCUT2D eigenvalue weighted by atomic mass is 10.1. The maximum absolute atomic E-state index is 12.6. The Hall–Kier alpha value is -2.78. The fourth-order valence-electron chi connectivity index (χ4n) is 1.81. The number of rotatable bonds is 2. The van der Waals surface area contributed by atoms with Gasteiger partial charge < -0.3 is 0 Å². The molecule has 26 heavy (non-hydrogen) atoms. The molecule has 0 heterocycles. The number of hydrogen-bond donors (Lipinski definition) is 0. The highest BCUT2D eigenvalue weighted by molar-refractivity contribution is 5.78. The Bertz CT molecular complexity index is 726. The number of halogens is 8. The smallest absolute Gasteiger partial charge is 0.298 e. The largest absolute Gasteiger partial charge is 0.417 e. The Morgan fingerprint density at radius 1 is 0.615 bits per heavy atom. The molecule has 0 aliphatic heterocycles. The lowest BCUT2D eigenvalue weighted by molar-refractivity contribution is -0.138. The van der Waals surface area contributed by atoms with Gasteiger partial charge in [-0.05, 0) is 24.3 Å². The van der Waals surface area contributed by atoms with Gasteiger partial charge in [0.05, 0.1) is 22.3 Å². The van der Waals surface area contributed by atoms with Gasteiger partial charge in [-0.3, -0.25) is 9.59 Å². The van der Waals surface area contributed by atoms with Crippen molar-refractivity contribution in [3.05, 3.63) is 70.3 Å². The molecule has 0 unspecified atom stereocenters. The zero-order valence-corrected chi connectivity index (χ0v) is 12.5. The van der Waals surface area contributed by atoms with Gasteiger partial charge in [0, 0.05) is 0 Å². The first-order chi connectivity index (χ1) is 11.9. The maximum Gasteiger partial charge on any atom is 0.417 e. The Morgan fingerprint density at radius 2 is 0.923 bits per heavy atom. The lowest BCUT2D eigenvalue weighted by Crippen LogP contribution is -2.10. The van der Waals surface area contributed by atoms with Crippen molar-refractivity contribution in [1.29, 1.82) is 0 Å². The van der Waals surface area contributed by atoms with E-state index < -0.39 is 46.2 Å². The van der Waals surface area contributed by atoms with Crippen molar-refractivity contribution in [2.45, 2.75) is 12.4 Å². The second-order valence-corrected chi connectivity index (χ2v) is 4.63. The van der Waals surface area contributed by atoms with Crippen molar-refractivity contribution < 1.29 is 44.7 Å². The van der Waals surface area contributed by atoms with Gasteiger partial charge in [0.25, 0.3) is 0 Å². The molecule has 0 fully saturated rings. The molecule has 0 saturated carbocycles. The Balaban J connectivity index is 0.000000260. The van der Waals surface area contributed by atoms with E-state index in [2.05, 4.69) is 0 Å². The third kappa shape index (κ3) is 5.11. The van der Waals surface area contributed by atoms with Crippen LogP contribution in [0.1, 0.15) is 31.8 Å². The molecule has 0 spiro atoms. The highest BCUT2D eigenvalue weighted by Gasteiger charge is 2.35. The molecular formula is C16H8F8O2. The van der Waals surface area contributed by atoms with Crippen LogP contribution in [0.25, 0.3) is 0 Å². The molecule has 10 heteroatoms. The van der Waals surface area contributed by atoms with Gasteiger partial charge in [-0.1, -0.05) is 12.1 Å². The molecule has 2 aromatic carbocycles. The average molecular weight is 384 g/mol. The van der Waals surface area contributed by atoms with Gasteiger partial charge in [0.1, 0.15) is 11.6 Å². The first-order valence-corrected chi connectivity index (χ1v) is 6.55. The molecule has 0 aliphatic carbocycles. The standard InChI is InChI=1S/2C8H4F4O/c2*9-7-3-1-2-6(5(7)4-13)8(10,11)12/h2*1-4H. The molecule has 0 bridgehead atoms.